The molecule has 2 aromatic heterocycles. The number of aromatic nitrogens is 8. The molecule has 1 aliphatic heterocycles. The van der Waals surface area contributed by atoms with Gasteiger partial charge in [-0.15, -0.1) is 10.2 Å². The van der Waals surface area contributed by atoms with Crippen LogP contribution in [-0.4, -0.2) is 102 Å². The lowest BCUT2D eigenvalue weighted by Gasteiger charge is -2.36. The van der Waals surface area contributed by atoms with Crippen molar-refractivity contribution in [1.82, 2.24) is 45.3 Å². The molecule has 2 aromatic carbocycles. The van der Waals surface area contributed by atoms with Crippen molar-refractivity contribution in [2.75, 3.05) is 0 Å². The molecular formula is C34H38Cl2N11O5+. The van der Waals surface area contributed by atoms with Gasteiger partial charge in [0.05, 0.1) is 24.0 Å². The average Bonchev–Trinajstić information content (AvgIpc) is 4.00. The minimum atomic E-state index is -1.56. The van der Waals surface area contributed by atoms with Crippen molar-refractivity contribution in [3.63, 3.8) is 0 Å². The topological polar surface area (TPSA) is 194 Å². The van der Waals surface area contributed by atoms with Gasteiger partial charge in [-0.1, -0.05) is 58.6 Å². The van der Waals surface area contributed by atoms with Gasteiger partial charge in [0.25, 0.3) is 5.91 Å². The number of hydrogen-bond acceptors (Lipinski definition) is 12. The van der Waals surface area contributed by atoms with Gasteiger partial charge >= 0.3 is 11.8 Å². The second kappa shape index (κ2) is 15.2. The number of aliphatic hydroxyl groups is 2. The highest BCUT2D eigenvalue weighted by atomic mass is 35.5. The first-order valence-corrected chi connectivity index (χ1v) is 18.1. The minimum absolute atomic E-state index is 0.0909. The van der Waals surface area contributed by atoms with Crippen LogP contribution in [0.3, 0.4) is 0 Å². The number of nitrogens with zero attached hydrogens (tertiary/aromatic N) is 11. The summed E-state index contributed by atoms with van der Waals surface area (Å²) in [7, 11) is 0. The SMILES string of the molecule is O=C([C@@H]1CC=N[N+]1(C(=O)[C@H](O)C1CCCC1)C(=O)[C@H](O)C1CCCC1)N(Cc1cc(Cl)ccc1-n1cnnn1)Cc1cc(Cl)ccc1-n1cnnn1. The van der Waals surface area contributed by atoms with Crippen LogP contribution in [0.2, 0.25) is 10.0 Å². The Kier molecular flexibility index (Phi) is 10.5. The number of imide groups is 1. The second-order valence-corrected chi connectivity index (χ2v) is 14.5. The molecule has 2 N–H and O–H groups in total. The molecule has 18 heteroatoms. The van der Waals surface area contributed by atoms with Crippen molar-refractivity contribution < 1.29 is 29.2 Å². The summed E-state index contributed by atoms with van der Waals surface area (Å²) in [5.74, 6) is -3.22. The van der Waals surface area contributed by atoms with Crippen LogP contribution in [0.1, 0.15) is 68.9 Å². The Balaban J connectivity index is 1.33. The van der Waals surface area contributed by atoms with E-state index in [1.54, 1.807) is 36.4 Å². The summed E-state index contributed by atoms with van der Waals surface area (Å²) in [6.07, 6.45) is 6.72. The first-order valence-electron chi connectivity index (χ1n) is 17.4. The molecule has 0 saturated heterocycles. The van der Waals surface area contributed by atoms with Crippen LogP contribution in [-0.2, 0) is 27.5 Å². The van der Waals surface area contributed by atoms with E-state index in [2.05, 4.69) is 36.2 Å². The van der Waals surface area contributed by atoms with Crippen molar-refractivity contribution in [2.24, 2.45) is 16.9 Å². The van der Waals surface area contributed by atoms with Gasteiger partial charge in [0, 0.05) is 23.1 Å². The van der Waals surface area contributed by atoms with Gasteiger partial charge in [0.2, 0.25) is 6.04 Å². The molecule has 4 aromatic rings. The standard InChI is InChI=1S/C34H38Cl2N11O5/c35-25-9-11-27(45-19-37-40-42-45)23(15-25)17-44(18-24-16-26(36)10-12-28(24)46-20-38-41-43-46)32(50)29-13-14-39-47(29,33(51)30(48)21-5-1-2-6-21)34(52)31(49)22-7-3-4-8-22/h9-12,14-16,19-22,29-31,48-49H,1-8,13,17-18H2/q+1/t29-,30+,31+/m0/s1. The molecule has 16 nitrogen and oxygen atoms in total. The normalized spacial score (nSPS) is 20.0. The third kappa shape index (κ3) is 6.88. The maximum absolute atomic E-state index is 15.2. The van der Waals surface area contributed by atoms with Gasteiger partial charge in [-0.25, -0.2) is 19.0 Å². The highest BCUT2D eigenvalue weighted by molar-refractivity contribution is 6.31. The van der Waals surface area contributed by atoms with Gasteiger partial charge in [-0.05, 0) is 106 Å². The quantitative estimate of drug-likeness (QED) is 0.214. The zero-order chi connectivity index (χ0) is 36.4. The van der Waals surface area contributed by atoms with Crippen molar-refractivity contribution in [1.29, 1.82) is 0 Å². The van der Waals surface area contributed by atoms with Gasteiger partial charge in [0.1, 0.15) is 12.7 Å². The number of amides is 3. The predicted octanol–water partition coefficient (Wildman–Crippen LogP) is 3.20. The third-order valence-corrected chi connectivity index (χ3v) is 11.0. The fraction of sp³-hybridized carbons (Fsp3) is 0.471. The molecule has 272 valence electrons. The lowest BCUT2D eigenvalue weighted by molar-refractivity contribution is -0.800. The molecule has 3 heterocycles. The summed E-state index contributed by atoms with van der Waals surface area (Å²) in [5, 5.41) is 51.3. The molecule has 0 unspecified atom stereocenters. The number of benzene rings is 2. The Bertz CT molecular complexity index is 1830. The van der Waals surface area contributed by atoms with Gasteiger partial charge < -0.3 is 15.1 Å². The first kappa shape index (κ1) is 35.9. The fourth-order valence-corrected chi connectivity index (χ4v) is 8.23. The summed E-state index contributed by atoms with van der Waals surface area (Å²) >= 11 is 13.0. The highest BCUT2D eigenvalue weighted by Gasteiger charge is 2.63. The van der Waals surface area contributed by atoms with Gasteiger partial charge in [-0.3, -0.25) is 4.79 Å². The van der Waals surface area contributed by atoms with Crippen molar-refractivity contribution in [3.8, 4) is 11.4 Å². The molecule has 52 heavy (non-hydrogen) atoms. The molecule has 0 bridgehead atoms. The molecule has 7 rings (SSSR count). The second-order valence-electron chi connectivity index (χ2n) is 13.6. The van der Waals surface area contributed by atoms with E-state index in [1.807, 2.05) is 0 Å². The monoisotopic (exact) mass is 750 g/mol. The zero-order valence-electron chi connectivity index (χ0n) is 28.2. The van der Waals surface area contributed by atoms with Crippen molar-refractivity contribution >= 4 is 47.1 Å². The number of aliphatic hydroxyl groups excluding tert-OH is 2. The number of carbonyl (C=O) groups excluding carboxylic acids is 3. The van der Waals surface area contributed by atoms with Crippen LogP contribution in [0.15, 0.2) is 54.2 Å². The van der Waals surface area contributed by atoms with E-state index in [-0.39, 0.29) is 19.5 Å². The summed E-state index contributed by atoms with van der Waals surface area (Å²) in [5.41, 5.74) is 2.15. The Hall–Kier alpha value is -4.48. The number of hydrogen-bond donors (Lipinski definition) is 2. The summed E-state index contributed by atoms with van der Waals surface area (Å²) in [6.45, 7) is -0.184. The molecule has 3 aliphatic rings. The van der Waals surface area contributed by atoms with Crippen LogP contribution in [0, 0.1) is 11.8 Å². The smallest absolute Gasteiger partial charge is 0.377 e. The summed E-state index contributed by atoms with van der Waals surface area (Å²) < 4.78 is 1.51. The Morgan fingerprint density at radius 1 is 0.769 bits per heavy atom. The lowest BCUT2D eigenvalue weighted by Crippen LogP contribution is -2.67. The number of tetrazole rings is 2. The van der Waals surface area contributed by atoms with Crippen LogP contribution in [0.5, 0.6) is 0 Å². The van der Waals surface area contributed by atoms with Crippen LogP contribution < -0.4 is 0 Å². The summed E-state index contributed by atoms with van der Waals surface area (Å²) in [4.78, 5) is 45.9. The van der Waals surface area contributed by atoms with E-state index >= 15 is 4.79 Å². The van der Waals surface area contributed by atoms with E-state index in [9.17, 15) is 19.8 Å². The zero-order valence-corrected chi connectivity index (χ0v) is 29.7. The van der Waals surface area contributed by atoms with Crippen molar-refractivity contribution in [2.45, 2.75) is 89.1 Å². The Labute approximate surface area is 308 Å². The lowest BCUT2D eigenvalue weighted by atomic mass is 9.95. The third-order valence-electron chi connectivity index (χ3n) is 10.5. The molecule has 3 atom stereocenters. The number of halogens is 2. The highest BCUT2D eigenvalue weighted by Crippen LogP contribution is 2.38. The largest absolute Gasteiger partial charge is 0.379 e. The number of quaternary nitrogens is 1. The maximum Gasteiger partial charge on any atom is 0.377 e. The maximum atomic E-state index is 15.2. The minimum Gasteiger partial charge on any atom is -0.379 e. The van der Waals surface area contributed by atoms with Crippen LogP contribution in [0.25, 0.3) is 11.4 Å². The molecule has 0 spiro atoms. The van der Waals surface area contributed by atoms with E-state index in [4.69, 9.17) is 23.2 Å². The van der Waals surface area contributed by atoms with E-state index in [1.165, 1.54) is 33.1 Å². The van der Waals surface area contributed by atoms with Crippen LogP contribution in [0.4, 0.5) is 0 Å². The molecule has 2 saturated carbocycles. The van der Waals surface area contributed by atoms with Gasteiger partial charge in [0.15, 0.2) is 12.2 Å². The fourth-order valence-electron chi connectivity index (χ4n) is 7.84. The van der Waals surface area contributed by atoms with Crippen molar-refractivity contribution in [3.05, 3.63) is 70.2 Å². The molecule has 2 fully saturated rings. The first-order chi connectivity index (χ1) is 25.2. The van der Waals surface area contributed by atoms with E-state index in [0.29, 0.717) is 58.2 Å². The average molecular weight is 752 g/mol. The van der Waals surface area contributed by atoms with E-state index in [0.717, 1.165) is 25.7 Å². The predicted molar refractivity (Wildman–Crippen MR) is 186 cm³/mol. The van der Waals surface area contributed by atoms with E-state index < -0.39 is 52.4 Å². The molecule has 3 amide bonds. The molecule has 0 radical (unpaired) electrons. The van der Waals surface area contributed by atoms with Gasteiger partial charge in [-0.2, -0.15) is 0 Å². The molecular weight excluding hydrogens is 713 g/mol. The summed E-state index contributed by atoms with van der Waals surface area (Å²) in [6, 6.07) is 8.69. The Morgan fingerprint density at radius 3 is 1.65 bits per heavy atom. The van der Waals surface area contributed by atoms with Crippen LogP contribution >= 0.6 is 23.2 Å². The Morgan fingerprint density at radius 2 is 1.23 bits per heavy atom. The molecule has 2 aliphatic carbocycles. The number of rotatable bonds is 11. The number of carbonyl (C=O) groups is 3.